The zero-order valence-electron chi connectivity index (χ0n) is 15.5. The van der Waals surface area contributed by atoms with Crippen molar-refractivity contribution in [2.75, 3.05) is 5.32 Å². The molecule has 0 atom stereocenters. The summed E-state index contributed by atoms with van der Waals surface area (Å²) in [4.78, 5) is 21.1. The lowest BCUT2D eigenvalue weighted by molar-refractivity contribution is -0.116. The molecule has 0 saturated heterocycles. The standard InChI is InChI=1S/C22H18ClN3O3/c23-15-5-3-13(4-6-15)19-12-24-21(28-19)10-9-20(27)25-16-7-8-18-17(11-16)26-22(29-18)14-1-2-14/h3-8,11-12,14H,1-2,9-10H2,(H,25,27). The molecule has 2 aromatic heterocycles. The summed E-state index contributed by atoms with van der Waals surface area (Å²) >= 11 is 5.91. The number of nitrogens with zero attached hydrogens (tertiary/aromatic N) is 2. The average molecular weight is 408 g/mol. The number of nitrogens with one attached hydrogen (secondary N) is 1. The first-order valence-electron chi connectivity index (χ1n) is 9.55. The van der Waals surface area contributed by atoms with Crippen molar-refractivity contribution in [3.8, 4) is 11.3 Å². The van der Waals surface area contributed by atoms with Gasteiger partial charge in [0.05, 0.1) is 6.20 Å². The summed E-state index contributed by atoms with van der Waals surface area (Å²) < 4.78 is 11.5. The maximum absolute atomic E-state index is 12.3. The van der Waals surface area contributed by atoms with Crippen molar-refractivity contribution >= 4 is 34.3 Å². The predicted molar refractivity (Wildman–Crippen MR) is 110 cm³/mol. The van der Waals surface area contributed by atoms with Gasteiger partial charge in [-0.25, -0.2) is 9.97 Å². The van der Waals surface area contributed by atoms with Crippen LogP contribution in [0.1, 0.15) is 37.0 Å². The van der Waals surface area contributed by atoms with E-state index in [1.165, 1.54) is 0 Å². The number of oxazole rings is 2. The average Bonchev–Trinajstić information content (AvgIpc) is 3.31. The largest absolute Gasteiger partial charge is 0.441 e. The van der Waals surface area contributed by atoms with E-state index in [-0.39, 0.29) is 12.3 Å². The van der Waals surface area contributed by atoms with E-state index >= 15 is 0 Å². The van der Waals surface area contributed by atoms with Crippen LogP contribution >= 0.6 is 11.6 Å². The molecule has 0 bridgehead atoms. The number of hydrogen-bond donors (Lipinski definition) is 1. The Hall–Kier alpha value is -3.12. The molecule has 1 aliphatic rings. The molecule has 29 heavy (non-hydrogen) atoms. The second kappa shape index (κ2) is 7.37. The van der Waals surface area contributed by atoms with Gasteiger partial charge in [0.25, 0.3) is 0 Å². The van der Waals surface area contributed by atoms with E-state index in [1.807, 2.05) is 30.3 Å². The van der Waals surface area contributed by atoms with Crippen LogP contribution in [-0.2, 0) is 11.2 Å². The Morgan fingerprint density at radius 3 is 2.76 bits per heavy atom. The molecular weight excluding hydrogens is 390 g/mol. The highest BCUT2D eigenvalue weighted by molar-refractivity contribution is 6.30. The molecule has 4 aromatic rings. The van der Waals surface area contributed by atoms with E-state index in [0.717, 1.165) is 35.4 Å². The van der Waals surface area contributed by atoms with Crippen molar-refractivity contribution in [2.45, 2.75) is 31.6 Å². The number of benzene rings is 2. The van der Waals surface area contributed by atoms with Crippen molar-refractivity contribution in [1.82, 2.24) is 9.97 Å². The first kappa shape index (κ1) is 17.9. The molecule has 0 unspecified atom stereocenters. The van der Waals surface area contributed by atoms with Crippen LogP contribution in [0.5, 0.6) is 0 Å². The minimum atomic E-state index is -0.110. The second-order valence-electron chi connectivity index (χ2n) is 7.18. The van der Waals surface area contributed by atoms with Crippen molar-refractivity contribution in [3.63, 3.8) is 0 Å². The summed E-state index contributed by atoms with van der Waals surface area (Å²) in [5, 5.41) is 3.56. The first-order chi connectivity index (χ1) is 14.1. The lowest BCUT2D eigenvalue weighted by atomic mass is 10.2. The minimum Gasteiger partial charge on any atom is -0.441 e. The number of amides is 1. The molecule has 6 nitrogen and oxygen atoms in total. The summed E-state index contributed by atoms with van der Waals surface area (Å²) in [7, 11) is 0. The minimum absolute atomic E-state index is 0.110. The number of hydrogen-bond acceptors (Lipinski definition) is 5. The fourth-order valence-electron chi connectivity index (χ4n) is 3.15. The van der Waals surface area contributed by atoms with Crippen molar-refractivity contribution < 1.29 is 13.6 Å². The monoisotopic (exact) mass is 407 g/mol. The second-order valence-corrected chi connectivity index (χ2v) is 7.62. The third kappa shape index (κ3) is 4.03. The molecule has 1 N–H and O–H groups in total. The number of carbonyl (C=O) groups excluding carboxylic acids is 1. The number of aryl methyl sites for hydroxylation is 1. The van der Waals surface area contributed by atoms with E-state index in [2.05, 4.69) is 15.3 Å². The van der Waals surface area contributed by atoms with Crippen LogP contribution in [0.15, 0.2) is 57.5 Å². The normalized spacial score (nSPS) is 13.7. The molecule has 1 saturated carbocycles. The van der Waals surface area contributed by atoms with Crippen LogP contribution < -0.4 is 5.32 Å². The van der Waals surface area contributed by atoms with Crippen LogP contribution in [0.4, 0.5) is 5.69 Å². The Bertz CT molecular complexity index is 1180. The van der Waals surface area contributed by atoms with Crippen molar-refractivity contribution in [1.29, 1.82) is 0 Å². The SMILES string of the molecule is O=C(CCc1ncc(-c2ccc(Cl)cc2)o1)Nc1ccc2oc(C3CC3)nc2c1. The topological polar surface area (TPSA) is 81.2 Å². The van der Waals surface area contributed by atoms with Gasteiger partial charge in [-0.2, -0.15) is 0 Å². The van der Waals surface area contributed by atoms with Gasteiger partial charge in [0.15, 0.2) is 23.1 Å². The van der Waals surface area contributed by atoms with Gasteiger partial charge < -0.3 is 14.2 Å². The molecule has 0 aliphatic heterocycles. The van der Waals surface area contributed by atoms with E-state index in [0.29, 0.717) is 34.7 Å². The highest BCUT2D eigenvalue weighted by atomic mass is 35.5. The Morgan fingerprint density at radius 1 is 1.14 bits per heavy atom. The Balaban J connectivity index is 1.20. The third-order valence-electron chi connectivity index (χ3n) is 4.86. The van der Waals surface area contributed by atoms with Crippen LogP contribution in [0.25, 0.3) is 22.4 Å². The molecule has 146 valence electrons. The van der Waals surface area contributed by atoms with Gasteiger partial charge in [-0.05, 0) is 55.3 Å². The first-order valence-corrected chi connectivity index (χ1v) is 9.93. The van der Waals surface area contributed by atoms with Crippen LogP contribution in [0.2, 0.25) is 5.02 Å². The third-order valence-corrected chi connectivity index (χ3v) is 5.11. The highest BCUT2D eigenvalue weighted by Crippen LogP contribution is 2.40. The Morgan fingerprint density at radius 2 is 1.97 bits per heavy atom. The summed E-state index contributed by atoms with van der Waals surface area (Å²) in [6.07, 6.45) is 4.61. The van der Waals surface area contributed by atoms with E-state index in [1.54, 1.807) is 18.3 Å². The lowest BCUT2D eigenvalue weighted by Crippen LogP contribution is -2.12. The molecule has 1 fully saturated rings. The number of anilines is 1. The van der Waals surface area contributed by atoms with Gasteiger partial charge >= 0.3 is 0 Å². The van der Waals surface area contributed by atoms with E-state index in [9.17, 15) is 4.79 Å². The molecule has 7 heteroatoms. The molecule has 2 heterocycles. The van der Waals surface area contributed by atoms with Gasteiger partial charge in [-0.1, -0.05) is 11.6 Å². The fourth-order valence-corrected chi connectivity index (χ4v) is 3.27. The number of rotatable bonds is 6. The molecule has 1 aliphatic carbocycles. The zero-order valence-corrected chi connectivity index (χ0v) is 16.3. The highest BCUT2D eigenvalue weighted by Gasteiger charge is 2.28. The molecule has 1 amide bonds. The summed E-state index contributed by atoms with van der Waals surface area (Å²) in [6, 6.07) is 12.8. The quantitative estimate of drug-likeness (QED) is 0.451. The summed E-state index contributed by atoms with van der Waals surface area (Å²) in [5.41, 5.74) is 3.11. The molecule has 0 spiro atoms. The number of carbonyl (C=O) groups is 1. The number of halogens is 1. The Labute approximate surface area is 171 Å². The molecule has 5 rings (SSSR count). The van der Waals surface area contributed by atoms with Crippen LogP contribution in [0.3, 0.4) is 0 Å². The molecule has 2 aromatic carbocycles. The maximum Gasteiger partial charge on any atom is 0.224 e. The Kier molecular flexibility index (Phi) is 4.56. The number of fused-ring (bicyclic) bond motifs is 1. The number of aromatic nitrogens is 2. The van der Waals surface area contributed by atoms with Gasteiger partial charge in [-0.15, -0.1) is 0 Å². The zero-order chi connectivity index (χ0) is 19.8. The van der Waals surface area contributed by atoms with Crippen LogP contribution in [0, 0.1) is 0 Å². The van der Waals surface area contributed by atoms with Gasteiger partial charge in [0.2, 0.25) is 5.91 Å². The van der Waals surface area contributed by atoms with Gasteiger partial charge in [0, 0.05) is 35.0 Å². The van der Waals surface area contributed by atoms with Gasteiger partial charge in [0.1, 0.15) is 5.52 Å². The lowest BCUT2D eigenvalue weighted by Gasteiger charge is -2.03. The summed E-state index contributed by atoms with van der Waals surface area (Å²) in [6.45, 7) is 0. The molecular formula is C22H18ClN3O3. The van der Waals surface area contributed by atoms with E-state index in [4.69, 9.17) is 20.4 Å². The smallest absolute Gasteiger partial charge is 0.224 e. The predicted octanol–water partition coefficient (Wildman–Crippen LogP) is 5.58. The van der Waals surface area contributed by atoms with Gasteiger partial charge in [-0.3, -0.25) is 4.79 Å². The maximum atomic E-state index is 12.3. The summed E-state index contributed by atoms with van der Waals surface area (Å²) in [5.74, 6) is 2.32. The van der Waals surface area contributed by atoms with Crippen LogP contribution in [-0.4, -0.2) is 15.9 Å². The fraction of sp³-hybridized carbons (Fsp3) is 0.227. The molecule has 0 radical (unpaired) electrons. The van der Waals surface area contributed by atoms with Crippen molar-refractivity contribution in [2.24, 2.45) is 0 Å². The van der Waals surface area contributed by atoms with E-state index < -0.39 is 0 Å². The van der Waals surface area contributed by atoms with Crippen molar-refractivity contribution in [3.05, 3.63) is 65.5 Å².